The zero-order valence-corrected chi connectivity index (χ0v) is 12.1. The Morgan fingerprint density at radius 2 is 2.28 bits per heavy atom. The summed E-state index contributed by atoms with van der Waals surface area (Å²) in [4.78, 5) is 0. The van der Waals surface area contributed by atoms with Crippen LogP contribution < -0.4 is 5.32 Å². The molecule has 1 aliphatic carbocycles. The second-order valence-electron chi connectivity index (χ2n) is 5.88. The van der Waals surface area contributed by atoms with Gasteiger partial charge in [0.25, 0.3) is 0 Å². The van der Waals surface area contributed by atoms with E-state index < -0.39 is 0 Å². The summed E-state index contributed by atoms with van der Waals surface area (Å²) in [5.41, 5.74) is 2.94. The lowest BCUT2D eigenvalue weighted by Crippen LogP contribution is -2.22. The highest BCUT2D eigenvalue weighted by molar-refractivity contribution is 5.23. The quantitative estimate of drug-likeness (QED) is 0.811. The number of fused-ring (bicyclic) bond motifs is 1. The standard InChI is InChI=1S/C15H27N3/c1-4-9-16-14-7-5-6-8-15-13(14)10-17-18(15)11-12(2)3/h10,12,14,16H,4-9,11H2,1-3H3. The summed E-state index contributed by atoms with van der Waals surface area (Å²) in [5.74, 6) is 0.666. The largest absolute Gasteiger partial charge is 0.310 e. The van der Waals surface area contributed by atoms with Crippen LogP contribution in [0, 0.1) is 5.92 Å². The van der Waals surface area contributed by atoms with Gasteiger partial charge in [-0.15, -0.1) is 0 Å². The summed E-state index contributed by atoms with van der Waals surface area (Å²) >= 11 is 0. The lowest BCUT2D eigenvalue weighted by atomic mass is 10.1. The first-order chi connectivity index (χ1) is 8.72. The fourth-order valence-electron chi connectivity index (χ4n) is 2.82. The van der Waals surface area contributed by atoms with Crippen LogP contribution >= 0.6 is 0 Å². The first kappa shape index (κ1) is 13.6. The monoisotopic (exact) mass is 249 g/mol. The van der Waals surface area contributed by atoms with E-state index in [0.29, 0.717) is 12.0 Å². The van der Waals surface area contributed by atoms with Gasteiger partial charge in [0, 0.05) is 23.8 Å². The van der Waals surface area contributed by atoms with Crippen molar-refractivity contribution in [2.75, 3.05) is 6.54 Å². The van der Waals surface area contributed by atoms with E-state index in [2.05, 4.69) is 42.1 Å². The summed E-state index contributed by atoms with van der Waals surface area (Å²) in [5, 5.41) is 8.30. The molecule has 1 atom stereocenters. The Bertz CT molecular complexity index is 368. The van der Waals surface area contributed by atoms with Crippen LogP contribution in [0.5, 0.6) is 0 Å². The Morgan fingerprint density at radius 1 is 1.44 bits per heavy atom. The molecule has 1 aromatic heterocycles. The van der Waals surface area contributed by atoms with Crippen molar-refractivity contribution in [3.8, 4) is 0 Å². The molecule has 1 N–H and O–H groups in total. The molecular formula is C15H27N3. The third kappa shape index (κ3) is 3.14. The molecule has 102 valence electrons. The van der Waals surface area contributed by atoms with E-state index in [0.717, 1.165) is 13.1 Å². The van der Waals surface area contributed by atoms with Gasteiger partial charge in [0.15, 0.2) is 0 Å². The van der Waals surface area contributed by atoms with Gasteiger partial charge in [0.1, 0.15) is 0 Å². The lowest BCUT2D eigenvalue weighted by molar-refractivity contribution is 0.466. The van der Waals surface area contributed by atoms with Gasteiger partial charge >= 0.3 is 0 Å². The summed E-state index contributed by atoms with van der Waals surface area (Å²) in [6.07, 6.45) is 8.41. The molecular weight excluding hydrogens is 222 g/mol. The second-order valence-corrected chi connectivity index (χ2v) is 5.88. The van der Waals surface area contributed by atoms with Crippen LogP contribution in [0.2, 0.25) is 0 Å². The Balaban J connectivity index is 2.18. The molecule has 0 bridgehead atoms. The minimum atomic E-state index is 0.531. The van der Waals surface area contributed by atoms with Gasteiger partial charge in [0.2, 0.25) is 0 Å². The minimum absolute atomic E-state index is 0.531. The predicted octanol–water partition coefficient (Wildman–Crippen LogP) is 3.31. The lowest BCUT2D eigenvalue weighted by Gasteiger charge is -2.16. The van der Waals surface area contributed by atoms with Crippen molar-refractivity contribution in [3.63, 3.8) is 0 Å². The van der Waals surface area contributed by atoms with Crippen LogP contribution in [0.3, 0.4) is 0 Å². The van der Waals surface area contributed by atoms with Crippen LogP contribution in [0.1, 0.15) is 63.8 Å². The molecule has 0 aromatic carbocycles. The van der Waals surface area contributed by atoms with E-state index in [1.54, 1.807) is 0 Å². The number of nitrogens with one attached hydrogen (secondary N) is 1. The topological polar surface area (TPSA) is 29.9 Å². The van der Waals surface area contributed by atoms with Crippen LogP contribution in [0.4, 0.5) is 0 Å². The molecule has 0 saturated carbocycles. The van der Waals surface area contributed by atoms with Crippen LogP contribution in [0.15, 0.2) is 6.20 Å². The van der Waals surface area contributed by atoms with E-state index in [9.17, 15) is 0 Å². The summed E-state index contributed by atoms with van der Waals surface area (Å²) in [6.45, 7) is 8.91. The predicted molar refractivity (Wildman–Crippen MR) is 75.7 cm³/mol. The average molecular weight is 249 g/mol. The highest BCUT2D eigenvalue weighted by Gasteiger charge is 2.22. The molecule has 0 aliphatic heterocycles. The third-order valence-electron chi connectivity index (χ3n) is 3.69. The molecule has 2 rings (SSSR count). The van der Waals surface area contributed by atoms with E-state index >= 15 is 0 Å². The van der Waals surface area contributed by atoms with Gasteiger partial charge in [-0.1, -0.05) is 27.2 Å². The average Bonchev–Trinajstić information content (AvgIpc) is 2.60. The molecule has 0 amide bonds. The number of aromatic nitrogens is 2. The van der Waals surface area contributed by atoms with Crippen LogP contribution in [-0.4, -0.2) is 16.3 Å². The molecule has 0 saturated heterocycles. The number of hydrogen-bond acceptors (Lipinski definition) is 2. The Kier molecular flexibility index (Phi) is 4.81. The summed E-state index contributed by atoms with van der Waals surface area (Å²) in [7, 11) is 0. The normalized spacial score (nSPS) is 19.9. The van der Waals surface area contributed by atoms with Gasteiger partial charge in [-0.25, -0.2) is 0 Å². The number of rotatable bonds is 5. The van der Waals surface area contributed by atoms with Crippen molar-refractivity contribution < 1.29 is 0 Å². The second kappa shape index (κ2) is 6.37. The maximum atomic E-state index is 4.61. The van der Waals surface area contributed by atoms with Crippen molar-refractivity contribution >= 4 is 0 Å². The van der Waals surface area contributed by atoms with E-state index in [1.807, 2.05) is 0 Å². The fraction of sp³-hybridized carbons (Fsp3) is 0.800. The molecule has 0 fully saturated rings. The molecule has 3 nitrogen and oxygen atoms in total. The van der Waals surface area contributed by atoms with Crippen molar-refractivity contribution in [3.05, 3.63) is 17.5 Å². The van der Waals surface area contributed by atoms with Crippen molar-refractivity contribution in [1.29, 1.82) is 0 Å². The summed E-state index contributed by atoms with van der Waals surface area (Å²) < 4.78 is 2.24. The van der Waals surface area contributed by atoms with Crippen molar-refractivity contribution in [2.24, 2.45) is 5.92 Å². The molecule has 1 unspecified atom stereocenters. The first-order valence-corrected chi connectivity index (χ1v) is 7.50. The number of hydrogen-bond donors (Lipinski definition) is 1. The van der Waals surface area contributed by atoms with Gasteiger partial charge in [-0.2, -0.15) is 5.10 Å². The maximum absolute atomic E-state index is 4.61. The molecule has 1 aromatic rings. The number of nitrogens with zero attached hydrogens (tertiary/aromatic N) is 2. The molecule has 1 aliphatic rings. The SMILES string of the molecule is CCCNC1CCCCc2c1cnn2CC(C)C. The molecule has 1 heterocycles. The molecule has 18 heavy (non-hydrogen) atoms. The van der Waals surface area contributed by atoms with Gasteiger partial charge in [-0.3, -0.25) is 4.68 Å². The van der Waals surface area contributed by atoms with E-state index in [-0.39, 0.29) is 0 Å². The zero-order chi connectivity index (χ0) is 13.0. The Labute approximate surface area is 111 Å². The van der Waals surface area contributed by atoms with Crippen molar-refractivity contribution in [1.82, 2.24) is 15.1 Å². The highest BCUT2D eigenvalue weighted by Crippen LogP contribution is 2.28. The summed E-state index contributed by atoms with van der Waals surface area (Å²) in [6, 6.07) is 0.531. The fourth-order valence-corrected chi connectivity index (χ4v) is 2.82. The molecule has 0 radical (unpaired) electrons. The van der Waals surface area contributed by atoms with Crippen LogP contribution in [-0.2, 0) is 13.0 Å². The third-order valence-corrected chi connectivity index (χ3v) is 3.69. The smallest absolute Gasteiger partial charge is 0.0540 e. The van der Waals surface area contributed by atoms with Crippen LogP contribution in [0.25, 0.3) is 0 Å². The zero-order valence-electron chi connectivity index (χ0n) is 12.1. The van der Waals surface area contributed by atoms with Gasteiger partial charge in [-0.05, 0) is 38.1 Å². The Hall–Kier alpha value is -0.830. The maximum Gasteiger partial charge on any atom is 0.0540 e. The molecule has 0 spiro atoms. The van der Waals surface area contributed by atoms with E-state index in [4.69, 9.17) is 0 Å². The van der Waals surface area contributed by atoms with E-state index in [1.165, 1.54) is 43.4 Å². The first-order valence-electron chi connectivity index (χ1n) is 7.50. The minimum Gasteiger partial charge on any atom is -0.310 e. The highest BCUT2D eigenvalue weighted by atomic mass is 15.3. The Morgan fingerprint density at radius 3 is 3.00 bits per heavy atom. The molecule has 3 heteroatoms. The van der Waals surface area contributed by atoms with Gasteiger partial charge < -0.3 is 5.32 Å². The van der Waals surface area contributed by atoms with Crippen molar-refractivity contribution in [2.45, 2.75) is 65.5 Å². The van der Waals surface area contributed by atoms with Gasteiger partial charge in [0.05, 0.1) is 6.20 Å².